The minimum atomic E-state index is -0.695. The second-order valence-corrected chi connectivity index (χ2v) is 3.12. The summed E-state index contributed by atoms with van der Waals surface area (Å²) in [5.74, 6) is -0.695. The van der Waals surface area contributed by atoms with Gasteiger partial charge in [-0.15, -0.1) is 0 Å². The van der Waals surface area contributed by atoms with Crippen LogP contribution in [0.5, 0.6) is 0 Å². The summed E-state index contributed by atoms with van der Waals surface area (Å²) in [6, 6.07) is 0. The molecule has 1 fully saturated rings. The van der Waals surface area contributed by atoms with Crippen molar-refractivity contribution in [1.82, 2.24) is 5.32 Å². The lowest BCUT2D eigenvalue weighted by molar-refractivity contribution is -0.146. The molecule has 0 aromatic carbocycles. The third-order valence-corrected chi connectivity index (χ3v) is 2.51. The van der Waals surface area contributed by atoms with Gasteiger partial charge < -0.3 is 10.4 Å². The first-order chi connectivity index (χ1) is 5.21. The van der Waals surface area contributed by atoms with Crippen LogP contribution in [0.15, 0.2) is 0 Å². The summed E-state index contributed by atoms with van der Waals surface area (Å²) in [6.07, 6.45) is 3.60. The minimum absolute atomic E-state index is 0.613. The van der Waals surface area contributed by atoms with Gasteiger partial charge in [0.05, 0.1) is 0 Å². The molecule has 3 heteroatoms. The second kappa shape index (κ2) is 3.22. The molecule has 1 heterocycles. The molecule has 0 aromatic heterocycles. The normalized spacial score (nSPS) is 31.7. The van der Waals surface area contributed by atoms with E-state index in [1.165, 1.54) is 0 Å². The van der Waals surface area contributed by atoms with Gasteiger partial charge in [0.2, 0.25) is 0 Å². The molecule has 2 N–H and O–H groups in total. The van der Waals surface area contributed by atoms with Crippen molar-refractivity contribution >= 4 is 5.97 Å². The lowest BCUT2D eigenvalue weighted by Gasteiger charge is -2.33. The maximum Gasteiger partial charge on any atom is 0.323 e. The summed E-state index contributed by atoms with van der Waals surface area (Å²) in [4.78, 5) is 10.8. The van der Waals surface area contributed by atoms with Gasteiger partial charge in [0.25, 0.3) is 0 Å². The summed E-state index contributed by atoms with van der Waals surface area (Å²) >= 11 is 0. The molecule has 0 bridgehead atoms. The van der Waals surface area contributed by atoms with Gasteiger partial charge >= 0.3 is 5.97 Å². The largest absolute Gasteiger partial charge is 0.480 e. The Bertz CT molecular complexity index is 150. The fourth-order valence-electron chi connectivity index (χ4n) is 1.60. The van der Waals surface area contributed by atoms with Gasteiger partial charge in [-0.1, -0.05) is 6.92 Å². The van der Waals surface area contributed by atoms with Crippen LogP contribution in [0.4, 0.5) is 0 Å². The number of rotatable bonds is 2. The van der Waals surface area contributed by atoms with Crippen LogP contribution in [0.3, 0.4) is 0 Å². The average molecular weight is 157 g/mol. The van der Waals surface area contributed by atoms with Crippen LogP contribution in [-0.4, -0.2) is 23.2 Å². The Hall–Kier alpha value is -0.570. The van der Waals surface area contributed by atoms with Gasteiger partial charge in [-0.3, -0.25) is 4.79 Å². The van der Waals surface area contributed by atoms with Gasteiger partial charge in [0, 0.05) is 0 Å². The highest BCUT2D eigenvalue weighted by Gasteiger charge is 2.37. The molecule has 0 spiro atoms. The molecular weight excluding hydrogens is 142 g/mol. The maximum atomic E-state index is 10.8. The molecule has 0 aromatic rings. The number of hydrogen-bond donors (Lipinski definition) is 2. The first-order valence-corrected chi connectivity index (χ1v) is 4.20. The summed E-state index contributed by atoms with van der Waals surface area (Å²) in [5.41, 5.74) is -0.613. The third kappa shape index (κ3) is 1.53. The van der Waals surface area contributed by atoms with E-state index in [-0.39, 0.29) is 0 Å². The van der Waals surface area contributed by atoms with Crippen molar-refractivity contribution in [2.45, 2.75) is 38.1 Å². The molecule has 1 saturated heterocycles. The molecule has 3 nitrogen and oxygen atoms in total. The molecule has 0 saturated carbocycles. The standard InChI is InChI=1S/C8H15NO2/c1-2-8(7(10)11)5-3-4-6-9-8/h9H,2-6H2,1H3,(H,10,11)/t8-/m1/s1. The van der Waals surface area contributed by atoms with E-state index < -0.39 is 11.5 Å². The zero-order valence-corrected chi connectivity index (χ0v) is 6.89. The smallest absolute Gasteiger partial charge is 0.323 e. The maximum absolute atomic E-state index is 10.8. The zero-order chi connectivity index (χ0) is 8.32. The predicted octanol–water partition coefficient (Wildman–Crippen LogP) is 0.993. The van der Waals surface area contributed by atoms with E-state index >= 15 is 0 Å². The summed E-state index contributed by atoms with van der Waals surface area (Å²) in [5, 5.41) is 12.0. The Kier molecular flexibility index (Phi) is 2.49. The van der Waals surface area contributed by atoms with Crippen molar-refractivity contribution in [2.75, 3.05) is 6.54 Å². The van der Waals surface area contributed by atoms with Crippen molar-refractivity contribution in [2.24, 2.45) is 0 Å². The van der Waals surface area contributed by atoms with Crippen LogP contribution in [0.25, 0.3) is 0 Å². The SMILES string of the molecule is CC[C@]1(C(=O)O)CCCCN1. The van der Waals surface area contributed by atoms with Gasteiger partial charge in [-0.2, -0.15) is 0 Å². The first-order valence-electron chi connectivity index (χ1n) is 4.20. The fourth-order valence-corrected chi connectivity index (χ4v) is 1.60. The zero-order valence-electron chi connectivity index (χ0n) is 6.89. The lowest BCUT2D eigenvalue weighted by Crippen LogP contribution is -2.54. The van der Waals surface area contributed by atoms with E-state index in [0.29, 0.717) is 6.42 Å². The number of nitrogens with one attached hydrogen (secondary N) is 1. The molecular formula is C8H15NO2. The third-order valence-electron chi connectivity index (χ3n) is 2.51. The number of piperidine rings is 1. The van der Waals surface area contributed by atoms with Crippen molar-refractivity contribution in [3.8, 4) is 0 Å². The molecule has 0 aliphatic carbocycles. The number of aliphatic carboxylic acids is 1. The monoisotopic (exact) mass is 157 g/mol. The van der Waals surface area contributed by atoms with Crippen LogP contribution in [0, 0.1) is 0 Å². The summed E-state index contributed by atoms with van der Waals surface area (Å²) in [6.45, 7) is 2.77. The van der Waals surface area contributed by atoms with E-state index in [4.69, 9.17) is 5.11 Å². The molecule has 0 amide bonds. The van der Waals surface area contributed by atoms with Gasteiger partial charge in [0.15, 0.2) is 0 Å². The molecule has 11 heavy (non-hydrogen) atoms. The lowest BCUT2D eigenvalue weighted by atomic mass is 9.87. The molecule has 0 radical (unpaired) electrons. The molecule has 1 aliphatic rings. The highest BCUT2D eigenvalue weighted by Crippen LogP contribution is 2.22. The van der Waals surface area contributed by atoms with E-state index in [1.807, 2.05) is 6.92 Å². The average Bonchev–Trinajstić information content (AvgIpc) is 2.05. The Labute approximate surface area is 66.8 Å². The number of carbonyl (C=O) groups is 1. The molecule has 0 unspecified atom stereocenters. The molecule has 64 valence electrons. The second-order valence-electron chi connectivity index (χ2n) is 3.12. The van der Waals surface area contributed by atoms with E-state index in [1.54, 1.807) is 0 Å². The quantitative estimate of drug-likeness (QED) is 0.628. The van der Waals surface area contributed by atoms with Gasteiger partial charge in [0.1, 0.15) is 5.54 Å². The minimum Gasteiger partial charge on any atom is -0.480 e. The Morgan fingerprint density at radius 1 is 1.64 bits per heavy atom. The van der Waals surface area contributed by atoms with E-state index in [2.05, 4.69) is 5.32 Å². The van der Waals surface area contributed by atoms with Crippen molar-refractivity contribution in [3.05, 3.63) is 0 Å². The van der Waals surface area contributed by atoms with Crippen LogP contribution in [0.1, 0.15) is 32.6 Å². The van der Waals surface area contributed by atoms with Crippen LogP contribution in [0.2, 0.25) is 0 Å². The van der Waals surface area contributed by atoms with Crippen molar-refractivity contribution in [3.63, 3.8) is 0 Å². The Morgan fingerprint density at radius 2 is 2.36 bits per heavy atom. The number of carboxylic acid groups (broad SMARTS) is 1. The molecule has 1 aliphatic heterocycles. The van der Waals surface area contributed by atoms with Crippen molar-refractivity contribution in [1.29, 1.82) is 0 Å². The van der Waals surface area contributed by atoms with Crippen LogP contribution >= 0.6 is 0 Å². The predicted molar refractivity (Wildman–Crippen MR) is 42.5 cm³/mol. The summed E-state index contributed by atoms with van der Waals surface area (Å²) < 4.78 is 0. The van der Waals surface area contributed by atoms with Crippen LogP contribution < -0.4 is 5.32 Å². The first kappa shape index (κ1) is 8.53. The fraction of sp³-hybridized carbons (Fsp3) is 0.875. The number of carboxylic acids is 1. The number of hydrogen-bond acceptors (Lipinski definition) is 2. The summed E-state index contributed by atoms with van der Waals surface area (Å²) in [7, 11) is 0. The highest BCUT2D eigenvalue weighted by atomic mass is 16.4. The molecule has 1 atom stereocenters. The van der Waals surface area contributed by atoms with Gasteiger partial charge in [-0.05, 0) is 32.2 Å². The Balaban J connectivity index is 2.64. The highest BCUT2D eigenvalue weighted by molar-refractivity contribution is 5.78. The Morgan fingerprint density at radius 3 is 2.64 bits per heavy atom. The molecule has 1 rings (SSSR count). The van der Waals surface area contributed by atoms with E-state index in [9.17, 15) is 4.79 Å². The van der Waals surface area contributed by atoms with E-state index in [0.717, 1.165) is 25.8 Å². The van der Waals surface area contributed by atoms with Crippen molar-refractivity contribution < 1.29 is 9.90 Å². The topological polar surface area (TPSA) is 49.3 Å². The van der Waals surface area contributed by atoms with Gasteiger partial charge in [-0.25, -0.2) is 0 Å². The van der Waals surface area contributed by atoms with Crippen LogP contribution in [-0.2, 0) is 4.79 Å².